The maximum atomic E-state index is 13.6. The molecule has 0 radical (unpaired) electrons. The summed E-state index contributed by atoms with van der Waals surface area (Å²) < 4.78 is 13.6. The molecule has 0 saturated carbocycles. The number of aryl methyl sites for hydroxylation is 1. The molecule has 0 heterocycles. The number of anilines is 1. The standard InChI is InChI=1S/C15H15ClFN/c1-2-11-5-3-6-12(9-11)18-10-13-14(16)7-4-8-15(13)17/h3-9,18H,2,10H2,1H3. The molecule has 0 saturated heterocycles. The van der Waals surface area contributed by atoms with Crippen molar-refractivity contribution in [2.75, 3.05) is 5.32 Å². The van der Waals surface area contributed by atoms with E-state index in [-0.39, 0.29) is 5.82 Å². The first-order valence-corrected chi connectivity index (χ1v) is 6.34. The molecule has 0 unspecified atom stereocenters. The minimum atomic E-state index is -0.276. The lowest BCUT2D eigenvalue weighted by molar-refractivity contribution is 0.613. The van der Waals surface area contributed by atoms with Gasteiger partial charge in [-0.05, 0) is 36.2 Å². The Hall–Kier alpha value is -1.54. The van der Waals surface area contributed by atoms with E-state index in [2.05, 4.69) is 24.4 Å². The predicted molar refractivity (Wildman–Crippen MR) is 74.6 cm³/mol. The van der Waals surface area contributed by atoms with Crippen LogP contribution in [0.3, 0.4) is 0 Å². The molecule has 2 aromatic carbocycles. The smallest absolute Gasteiger partial charge is 0.129 e. The monoisotopic (exact) mass is 263 g/mol. The molecule has 3 heteroatoms. The lowest BCUT2D eigenvalue weighted by Crippen LogP contribution is -2.02. The number of nitrogens with one attached hydrogen (secondary N) is 1. The van der Waals surface area contributed by atoms with Crippen molar-refractivity contribution in [2.24, 2.45) is 0 Å². The van der Waals surface area contributed by atoms with Crippen LogP contribution in [-0.2, 0) is 13.0 Å². The fraction of sp³-hybridized carbons (Fsp3) is 0.200. The van der Waals surface area contributed by atoms with Gasteiger partial charge >= 0.3 is 0 Å². The highest BCUT2D eigenvalue weighted by molar-refractivity contribution is 6.31. The second-order valence-electron chi connectivity index (χ2n) is 4.11. The van der Waals surface area contributed by atoms with Gasteiger partial charge in [0.1, 0.15) is 5.82 Å². The molecule has 18 heavy (non-hydrogen) atoms. The van der Waals surface area contributed by atoms with Crippen LogP contribution >= 0.6 is 11.6 Å². The van der Waals surface area contributed by atoms with Crippen LogP contribution in [0.5, 0.6) is 0 Å². The highest BCUT2D eigenvalue weighted by atomic mass is 35.5. The van der Waals surface area contributed by atoms with Gasteiger partial charge in [0.15, 0.2) is 0 Å². The van der Waals surface area contributed by atoms with Gasteiger partial charge in [-0.1, -0.05) is 36.7 Å². The summed E-state index contributed by atoms with van der Waals surface area (Å²) in [4.78, 5) is 0. The van der Waals surface area contributed by atoms with Crippen LogP contribution in [0.1, 0.15) is 18.1 Å². The van der Waals surface area contributed by atoms with Gasteiger partial charge in [0, 0.05) is 22.8 Å². The summed E-state index contributed by atoms with van der Waals surface area (Å²) in [6.07, 6.45) is 0.982. The Morgan fingerprint density at radius 3 is 2.67 bits per heavy atom. The molecule has 0 spiro atoms. The van der Waals surface area contributed by atoms with Crippen LogP contribution in [-0.4, -0.2) is 0 Å². The lowest BCUT2D eigenvalue weighted by Gasteiger charge is -2.10. The third-order valence-electron chi connectivity index (χ3n) is 2.87. The zero-order chi connectivity index (χ0) is 13.0. The Balaban J connectivity index is 2.11. The van der Waals surface area contributed by atoms with Gasteiger partial charge < -0.3 is 5.32 Å². The average molecular weight is 264 g/mol. The first kappa shape index (κ1) is 12.9. The highest BCUT2D eigenvalue weighted by Gasteiger charge is 2.06. The summed E-state index contributed by atoms with van der Waals surface area (Å²) in [5.74, 6) is -0.276. The van der Waals surface area contributed by atoms with E-state index in [9.17, 15) is 4.39 Å². The molecule has 0 bridgehead atoms. The van der Waals surface area contributed by atoms with Gasteiger partial charge in [-0.3, -0.25) is 0 Å². The summed E-state index contributed by atoms with van der Waals surface area (Å²) >= 11 is 5.97. The van der Waals surface area contributed by atoms with E-state index in [1.54, 1.807) is 12.1 Å². The first-order chi connectivity index (χ1) is 8.70. The number of benzene rings is 2. The largest absolute Gasteiger partial charge is 0.381 e. The molecule has 1 N–H and O–H groups in total. The van der Waals surface area contributed by atoms with Crippen molar-refractivity contribution in [3.8, 4) is 0 Å². The maximum Gasteiger partial charge on any atom is 0.129 e. The Kier molecular flexibility index (Phi) is 4.21. The summed E-state index contributed by atoms with van der Waals surface area (Å²) in [6, 6.07) is 12.8. The Bertz CT molecular complexity index is 520. The van der Waals surface area contributed by atoms with E-state index in [0.29, 0.717) is 17.1 Å². The number of hydrogen-bond acceptors (Lipinski definition) is 1. The third kappa shape index (κ3) is 3.02. The minimum absolute atomic E-state index is 0.276. The van der Waals surface area contributed by atoms with E-state index in [0.717, 1.165) is 12.1 Å². The number of rotatable bonds is 4. The molecule has 0 aliphatic heterocycles. The van der Waals surface area contributed by atoms with Crippen molar-refractivity contribution < 1.29 is 4.39 Å². The summed E-state index contributed by atoms with van der Waals surface area (Å²) in [5.41, 5.74) is 2.73. The fourth-order valence-corrected chi connectivity index (χ4v) is 2.02. The van der Waals surface area contributed by atoms with Crippen LogP contribution in [0.4, 0.5) is 10.1 Å². The lowest BCUT2D eigenvalue weighted by atomic mass is 10.1. The van der Waals surface area contributed by atoms with E-state index in [4.69, 9.17) is 11.6 Å². The Labute approximate surface area is 112 Å². The van der Waals surface area contributed by atoms with E-state index in [1.165, 1.54) is 11.6 Å². The third-order valence-corrected chi connectivity index (χ3v) is 3.22. The van der Waals surface area contributed by atoms with Crippen molar-refractivity contribution >= 4 is 17.3 Å². The number of hydrogen-bond donors (Lipinski definition) is 1. The molecule has 0 atom stereocenters. The van der Waals surface area contributed by atoms with Crippen LogP contribution in [0.15, 0.2) is 42.5 Å². The van der Waals surface area contributed by atoms with Gasteiger partial charge in [-0.15, -0.1) is 0 Å². The molecule has 0 aliphatic carbocycles. The first-order valence-electron chi connectivity index (χ1n) is 5.96. The summed E-state index contributed by atoms with van der Waals surface area (Å²) in [5, 5.41) is 3.65. The molecule has 0 aromatic heterocycles. The second-order valence-corrected chi connectivity index (χ2v) is 4.51. The molecule has 2 rings (SSSR count). The molecule has 94 valence electrons. The maximum absolute atomic E-state index is 13.6. The van der Waals surface area contributed by atoms with Crippen molar-refractivity contribution in [3.63, 3.8) is 0 Å². The van der Waals surface area contributed by atoms with Crippen LogP contribution in [0.2, 0.25) is 5.02 Å². The number of halogens is 2. The summed E-state index contributed by atoms with van der Waals surface area (Å²) in [7, 11) is 0. The van der Waals surface area contributed by atoms with Gasteiger partial charge in [-0.2, -0.15) is 0 Å². The quantitative estimate of drug-likeness (QED) is 0.846. The topological polar surface area (TPSA) is 12.0 Å². The second kappa shape index (κ2) is 5.87. The molecule has 0 fully saturated rings. The molecule has 0 amide bonds. The highest BCUT2D eigenvalue weighted by Crippen LogP contribution is 2.20. The molecular weight excluding hydrogens is 249 g/mol. The average Bonchev–Trinajstić information content (AvgIpc) is 2.38. The van der Waals surface area contributed by atoms with Crippen molar-refractivity contribution in [1.29, 1.82) is 0 Å². The molecule has 0 aliphatic rings. The van der Waals surface area contributed by atoms with Gasteiger partial charge in [0.2, 0.25) is 0 Å². The SMILES string of the molecule is CCc1cccc(NCc2c(F)cccc2Cl)c1. The minimum Gasteiger partial charge on any atom is -0.381 e. The van der Waals surface area contributed by atoms with E-state index in [1.807, 2.05) is 12.1 Å². The Morgan fingerprint density at radius 2 is 1.94 bits per heavy atom. The summed E-state index contributed by atoms with van der Waals surface area (Å²) in [6.45, 7) is 2.49. The van der Waals surface area contributed by atoms with Crippen molar-refractivity contribution in [1.82, 2.24) is 0 Å². The van der Waals surface area contributed by atoms with Gasteiger partial charge in [0.25, 0.3) is 0 Å². The van der Waals surface area contributed by atoms with Crippen LogP contribution in [0.25, 0.3) is 0 Å². The van der Waals surface area contributed by atoms with E-state index < -0.39 is 0 Å². The van der Waals surface area contributed by atoms with Crippen molar-refractivity contribution in [2.45, 2.75) is 19.9 Å². The van der Waals surface area contributed by atoms with Crippen LogP contribution < -0.4 is 5.32 Å². The fourth-order valence-electron chi connectivity index (χ4n) is 1.79. The van der Waals surface area contributed by atoms with Gasteiger partial charge in [0.05, 0.1) is 0 Å². The van der Waals surface area contributed by atoms with Gasteiger partial charge in [-0.25, -0.2) is 4.39 Å². The van der Waals surface area contributed by atoms with Crippen molar-refractivity contribution in [3.05, 3.63) is 64.4 Å². The zero-order valence-corrected chi connectivity index (χ0v) is 11.0. The van der Waals surface area contributed by atoms with Crippen LogP contribution in [0, 0.1) is 5.82 Å². The molecule has 2 aromatic rings. The molecule has 1 nitrogen and oxygen atoms in total. The normalized spacial score (nSPS) is 10.4. The van der Waals surface area contributed by atoms with E-state index >= 15 is 0 Å². The Morgan fingerprint density at radius 1 is 1.17 bits per heavy atom. The molecular formula is C15H15ClFN. The predicted octanol–water partition coefficient (Wildman–Crippen LogP) is 4.65. The zero-order valence-electron chi connectivity index (χ0n) is 10.2.